The van der Waals surface area contributed by atoms with Crippen LogP contribution in [0.15, 0.2) is 66.7 Å². The molecule has 1 saturated heterocycles. The van der Waals surface area contributed by atoms with Crippen LogP contribution in [-0.4, -0.2) is 49.0 Å². The number of benzene rings is 3. The Balaban J connectivity index is 0.00000240. The number of rotatable bonds is 6. The van der Waals surface area contributed by atoms with Crippen molar-refractivity contribution < 1.29 is 19.0 Å². The monoisotopic (exact) mass is 417 g/mol. The normalized spacial score (nSPS) is 18.2. The van der Waals surface area contributed by atoms with Crippen molar-refractivity contribution >= 4 is 23.2 Å². The van der Waals surface area contributed by atoms with Gasteiger partial charge in [-0.1, -0.05) is 48.5 Å². The second-order valence-corrected chi connectivity index (χ2v) is 7.12. The summed E-state index contributed by atoms with van der Waals surface area (Å²) < 4.78 is 25.2. The summed E-state index contributed by atoms with van der Waals surface area (Å²) in [7, 11) is 0. The summed E-state index contributed by atoms with van der Waals surface area (Å²) in [6.45, 7) is 2.61. The molecule has 0 aliphatic carbocycles. The van der Waals surface area contributed by atoms with Gasteiger partial charge in [-0.25, -0.2) is 4.39 Å². The molecule has 1 heterocycles. The summed E-state index contributed by atoms with van der Waals surface area (Å²) in [6.07, 6.45) is -0.805. The molecule has 0 amide bonds. The van der Waals surface area contributed by atoms with Crippen LogP contribution in [0.5, 0.6) is 5.75 Å². The average Bonchev–Trinajstić information content (AvgIpc) is 2.72. The molecule has 29 heavy (non-hydrogen) atoms. The van der Waals surface area contributed by atoms with Crippen LogP contribution in [0.1, 0.15) is 11.7 Å². The van der Waals surface area contributed by atoms with Gasteiger partial charge in [-0.2, -0.15) is 0 Å². The first-order valence-electron chi connectivity index (χ1n) is 9.57. The fourth-order valence-corrected chi connectivity index (χ4v) is 3.64. The van der Waals surface area contributed by atoms with Gasteiger partial charge in [-0.3, -0.25) is 4.90 Å². The lowest BCUT2D eigenvalue weighted by atomic mass is 10.1. The van der Waals surface area contributed by atoms with Crippen LogP contribution in [0.25, 0.3) is 10.8 Å². The lowest BCUT2D eigenvalue weighted by Crippen LogP contribution is -2.43. The minimum atomic E-state index is -0.620. The number of nitrogens with zero attached hydrogens (tertiary/aromatic N) is 1. The Morgan fingerprint density at radius 2 is 1.90 bits per heavy atom. The number of ether oxygens (including phenoxy) is 2. The molecule has 3 aromatic carbocycles. The molecule has 0 aromatic heterocycles. The summed E-state index contributed by atoms with van der Waals surface area (Å²) in [5.41, 5.74) is 0.825. The summed E-state index contributed by atoms with van der Waals surface area (Å²) >= 11 is 0. The van der Waals surface area contributed by atoms with Gasteiger partial charge in [0, 0.05) is 25.0 Å². The number of hydrogen-bond donors (Lipinski definition) is 1. The maximum Gasteiger partial charge on any atom is 0.127 e. The SMILES string of the molecule is Cl.OC(COc1cccc2ccccc12)CN1CCOC(c2cccc(F)c2)C1. The predicted molar refractivity (Wildman–Crippen MR) is 114 cm³/mol. The highest BCUT2D eigenvalue weighted by molar-refractivity contribution is 5.88. The van der Waals surface area contributed by atoms with E-state index in [9.17, 15) is 9.50 Å². The molecule has 3 aromatic rings. The molecule has 6 heteroatoms. The number of aliphatic hydroxyl groups excluding tert-OH is 1. The quantitative estimate of drug-likeness (QED) is 0.652. The molecule has 0 radical (unpaired) electrons. The molecule has 0 spiro atoms. The van der Waals surface area contributed by atoms with Crippen LogP contribution in [0.4, 0.5) is 4.39 Å². The third-order valence-electron chi connectivity index (χ3n) is 5.02. The number of aliphatic hydroxyl groups is 1. The van der Waals surface area contributed by atoms with Gasteiger partial charge in [-0.05, 0) is 29.1 Å². The van der Waals surface area contributed by atoms with E-state index in [1.54, 1.807) is 6.07 Å². The van der Waals surface area contributed by atoms with Crippen molar-refractivity contribution in [2.45, 2.75) is 12.2 Å². The van der Waals surface area contributed by atoms with Gasteiger partial charge in [0.05, 0.1) is 12.7 Å². The van der Waals surface area contributed by atoms with Gasteiger partial charge in [0.25, 0.3) is 0 Å². The Kier molecular flexibility index (Phi) is 7.45. The molecule has 1 aliphatic heterocycles. The van der Waals surface area contributed by atoms with Crippen LogP contribution in [0, 0.1) is 5.82 Å². The van der Waals surface area contributed by atoms with Crippen molar-refractivity contribution in [1.29, 1.82) is 0 Å². The third-order valence-corrected chi connectivity index (χ3v) is 5.02. The Morgan fingerprint density at radius 3 is 2.76 bits per heavy atom. The Labute approximate surface area is 176 Å². The molecule has 1 N–H and O–H groups in total. The Bertz CT molecular complexity index is 933. The van der Waals surface area contributed by atoms with Crippen molar-refractivity contribution in [2.24, 2.45) is 0 Å². The molecule has 4 rings (SSSR count). The van der Waals surface area contributed by atoms with E-state index in [2.05, 4.69) is 4.90 Å². The van der Waals surface area contributed by atoms with Gasteiger partial charge in [0.2, 0.25) is 0 Å². The van der Waals surface area contributed by atoms with E-state index < -0.39 is 6.10 Å². The van der Waals surface area contributed by atoms with E-state index in [-0.39, 0.29) is 30.9 Å². The van der Waals surface area contributed by atoms with E-state index in [0.29, 0.717) is 19.7 Å². The molecule has 1 fully saturated rings. The fraction of sp³-hybridized carbons (Fsp3) is 0.304. The summed E-state index contributed by atoms with van der Waals surface area (Å²) in [6, 6.07) is 20.4. The first-order valence-corrected chi connectivity index (χ1v) is 9.57. The van der Waals surface area contributed by atoms with E-state index in [1.165, 1.54) is 12.1 Å². The van der Waals surface area contributed by atoms with Crippen LogP contribution in [0.3, 0.4) is 0 Å². The summed E-state index contributed by atoms with van der Waals surface area (Å²) in [4.78, 5) is 2.14. The van der Waals surface area contributed by atoms with Gasteiger partial charge in [0.1, 0.15) is 24.3 Å². The van der Waals surface area contributed by atoms with Crippen molar-refractivity contribution in [3.63, 3.8) is 0 Å². The standard InChI is InChI=1S/C23H24FNO3.ClH/c24-19-8-3-7-18(13-19)23-15-25(11-12-27-23)14-20(26)16-28-22-10-4-6-17-5-1-2-9-21(17)22;/h1-10,13,20,23,26H,11-12,14-16H2;1H. The largest absolute Gasteiger partial charge is 0.490 e. The maximum absolute atomic E-state index is 13.5. The third kappa shape index (κ3) is 5.46. The van der Waals surface area contributed by atoms with Crippen molar-refractivity contribution in [3.8, 4) is 5.75 Å². The number of β-amino-alcohol motifs (C(OH)–C–C–N with tert-alkyl or cyclic N) is 1. The smallest absolute Gasteiger partial charge is 0.127 e. The molecule has 0 bridgehead atoms. The van der Waals surface area contributed by atoms with Crippen LogP contribution < -0.4 is 4.74 Å². The number of morpholine rings is 1. The van der Waals surface area contributed by atoms with Crippen LogP contribution in [-0.2, 0) is 4.74 Å². The predicted octanol–water partition coefficient (Wildman–Crippen LogP) is 4.21. The Morgan fingerprint density at radius 1 is 1.10 bits per heavy atom. The minimum absolute atomic E-state index is 0. The highest BCUT2D eigenvalue weighted by Crippen LogP contribution is 2.26. The summed E-state index contributed by atoms with van der Waals surface area (Å²) in [5.74, 6) is 0.513. The molecule has 154 valence electrons. The zero-order valence-corrected chi connectivity index (χ0v) is 16.9. The first-order chi connectivity index (χ1) is 13.7. The number of halogens is 2. The van der Waals surface area contributed by atoms with E-state index in [1.807, 2.05) is 48.5 Å². The van der Waals surface area contributed by atoms with Gasteiger partial charge >= 0.3 is 0 Å². The second-order valence-electron chi connectivity index (χ2n) is 7.12. The molecule has 2 unspecified atom stereocenters. The zero-order valence-electron chi connectivity index (χ0n) is 16.0. The van der Waals surface area contributed by atoms with E-state index >= 15 is 0 Å². The topological polar surface area (TPSA) is 41.9 Å². The molecule has 4 nitrogen and oxygen atoms in total. The van der Waals surface area contributed by atoms with Crippen molar-refractivity contribution in [3.05, 3.63) is 78.1 Å². The first kappa shape index (κ1) is 21.5. The van der Waals surface area contributed by atoms with Gasteiger partial charge < -0.3 is 14.6 Å². The van der Waals surface area contributed by atoms with Crippen LogP contribution in [0.2, 0.25) is 0 Å². The fourth-order valence-electron chi connectivity index (χ4n) is 3.64. The van der Waals surface area contributed by atoms with Gasteiger partial charge in [-0.15, -0.1) is 12.4 Å². The van der Waals surface area contributed by atoms with Crippen molar-refractivity contribution in [2.75, 3.05) is 32.8 Å². The molecular weight excluding hydrogens is 393 g/mol. The van der Waals surface area contributed by atoms with E-state index in [4.69, 9.17) is 9.47 Å². The molecular formula is C23H25ClFNO3. The lowest BCUT2D eigenvalue weighted by Gasteiger charge is -2.34. The second kappa shape index (κ2) is 10.0. The number of hydrogen-bond acceptors (Lipinski definition) is 4. The van der Waals surface area contributed by atoms with Crippen molar-refractivity contribution in [1.82, 2.24) is 4.90 Å². The van der Waals surface area contributed by atoms with Crippen LogP contribution >= 0.6 is 12.4 Å². The van der Waals surface area contributed by atoms with Gasteiger partial charge in [0.15, 0.2) is 0 Å². The average molecular weight is 418 g/mol. The number of fused-ring (bicyclic) bond motifs is 1. The highest BCUT2D eigenvalue weighted by Gasteiger charge is 2.24. The lowest BCUT2D eigenvalue weighted by molar-refractivity contribution is -0.0460. The van der Waals surface area contributed by atoms with E-state index in [0.717, 1.165) is 28.6 Å². The molecule has 1 aliphatic rings. The minimum Gasteiger partial charge on any atom is -0.490 e. The zero-order chi connectivity index (χ0) is 19.3. The molecule has 2 atom stereocenters. The molecule has 0 saturated carbocycles. The Hall–Kier alpha value is -2.18. The maximum atomic E-state index is 13.5. The highest BCUT2D eigenvalue weighted by atomic mass is 35.5. The summed E-state index contributed by atoms with van der Waals surface area (Å²) in [5, 5.41) is 12.6.